The van der Waals surface area contributed by atoms with Crippen molar-refractivity contribution in [3.8, 4) is 5.75 Å². The molecule has 133 valence electrons. The van der Waals surface area contributed by atoms with Gasteiger partial charge in [0.25, 0.3) is 0 Å². The van der Waals surface area contributed by atoms with Gasteiger partial charge < -0.3 is 4.90 Å². The summed E-state index contributed by atoms with van der Waals surface area (Å²) in [6, 6.07) is 12.3. The number of alkyl halides is 3. The Morgan fingerprint density at radius 1 is 0.840 bits per heavy atom. The van der Waals surface area contributed by atoms with Gasteiger partial charge in [-0.2, -0.15) is 13.2 Å². The van der Waals surface area contributed by atoms with Crippen molar-refractivity contribution in [2.45, 2.75) is 12.6 Å². The van der Waals surface area contributed by atoms with Crippen LogP contribution in [0.5, 0.6) is 5.75 Å². The van der Waals surface area contributed by atoms with Gasteiger partial charge in [0.05, 0.1) is 5.56 Å². The molecule has 3 rings (SSSR count). The van der Waals surface area contributed by atoms with Crippen LogP contribution in [0.3, 0.4) is 0 Å². The predicted octanol–water partition coefficient (Wildman–Crippen LogP) is 4.21. The van der Waals surface area contributed by atoms with Gasteiger partial charge in [-0.3, -0.25) is 10.0 Å². The highest BCUT2D eigenvalue weighted by Crippen LogP contribution is 2.29. The van der Waals surface area contributed by atoms with Crippen molar-refractivity contribution in [1.82, 2.24) is 4.90 Å². The van der Waals surface area contributed by atoms with Crippen molar-refractivity contribution in [1.29, 1.82) is 0 Å². The molecule has 1 heterocycles. The van der Waals surface area contributed by atoms with Crippen LogP contribution in [0.1, 0.15) is 11.1 Å². The molecule has 1 fully saturated rings. The molecule has 0 amide bonds. The Balaban J connectivity index is 1.47. The molecule has 0 bridgehead atoms. The lowest BCUT2D eigenvalue weighted by Crippen LogP contribution is -2.46. The first-order valence-electron chi connectivity index (χ1n) is 8.32. The van der Waals surface area contributed by atoms with E-state index in [1.807, 2.05) is 12.1 Å². The van der Waals surface area contributed by atoms with Gasteiger partial charge in [-0.25, -0.2) is 0 Å². The number of piperazine rings is 1. The number of hydrogen-bond donors (Lipinski definition) is 0. The van der Waals surface area contributed by atoms with Crippen molar-refractivity contribution >= 4 is 5.69 Å². The average Bonchev–Trinajstić information content (AvgIpc) is 2.61. The van der Waals surface area contributed by atoms with Crippen LogP contribution >= 0.6 is 0 Å². The Kier molecular flexibility index (Phi) is 5.18. The summed E-state index contributed by atoms with van der Waals surface area (Å²) in [6.45, 7) is 4.40. The standard InChI is InChI=1S/C19H20F3N2O/c20-19(21,22)16-3-1-15(2-4-16)9-10-23-11-13-24(14-12-23)17-5-7-18(25)8-6-17/h1-8H,9-14H2. The average molecular weight is 349 g/mol. The SMILES string of the molecule is [O]c1ccc(N2CCN(CCc3ccc(C(F)(F)F)cc3)CC2)cc1. The van der Waals surface area contributed by atoms with Crippen LogP contribution in [-0.2, 0) is 17.7 Å². The molecule has 2 aromatic rings. The number of rotatable bonds is 4. The van der Waals surface area contributed by atoms with E-state index in [9.17, 15) is 18.3 Å². The quantitative estimate of drug-likeness (QED) is 0.826. The van der Waals surface area contributed by atoms with E-state index in [4.69, 9.17) is 0 Å². The zero-order valence-corrected chi connectivity index (χ0v) is 13.8. The number of nitrogens with zero attached hydrogens (tertiary/aromatic N) is 2. The normalized spacial score (nSPS) is 16.2. The first-order valence-corrected chi connectivity index (χ1v) is 8.32. The number of anilines is 1. The maximum Gasteiger partial charge on any atom is 0.416 e. The first kappa shape index (κ1) is 17.6. The molecule has 0 aromatic heterocycles. The maximum absolute atomic E-state index is 12.6. The molecule has 3 nitrogen and oxygen atoms in total. The molecule has 25 heavy (non-hydrogen) atoms. The Morgan fingerprint density at radius 2 is 1.44 bits per heavy atom. The van der Waals surface area contributed by atoms with Crippen LogP contribution in [0.25, 0.3) is 0 Å². The minimum atomic E-state index is -4.28. The Bertz CT molecular complexity index is 675. The zero-order valence-electron chi connectivity index (χ0n) is 13.8. The summed E-state index contributed by atoms with van der Waals surface area (Å²) < 4.78 is 37.7. The summed E-state index contributed by atoms with van der Waals surface area (Å²) in [5.41, 5.74) is 1.37. The van der Waals surface area contributed by atoms with Gasteiger partial charge in [-0.05, 0) is 48.4 Å². The highest BCUT2D eigenvalue weighted by atomic mass is 19.4. The number of benzene rings is 2. The van der Waals surface area contributed by atoms with Gasteiger partial charge in [0, 0.05) is 38.4 Å². The molecular formula is C19H20F3N2O. The van der Waals surface area contributed by atoms with Gasteiger partial charge in [0.15, 0.2) is 5.75 Å². The minimum Gasteiger partial charge on any atom is -0.369 e. The molecule has 0 unspecified atom stereocenters. The summed E-state index contributed by atoms with van der Waals surface area (Å²) >= 11 is 0. The molecule has 1 aliphatic heterocycles. The molecule has 0 N–H and O–H groups in total. The fraction of sp³-hybridized carbons (Fsp3) is 0.368. The third-order valence-corrected chi connectivity index (χ3v) is 4.57. The van der Waals surface area contributed by atoms with Crippen molar-refractivity contribution in [2.75, 3.05) is 37.6 Å². The predicted molar refractivity (Wildman–Crippen MR) is 90.4 cm³/mol. The number of halogens is 3. The first-order chi connectivity index (χ1) is 11.9. The molecular weight excluding hydrogens is 329 g/mol. The van der Waals surface area contributed by atoms with Crippen LogP contribution < -0.4 is 4.90 Å². The lowest BCUT2D eigenvalue weighted by Gasteiger charge is -2.36. The molecule has 0 saturated carbocycles. The molecule has 1 saturated heterocycles. The molecule has 0 aliphatic carbocycles. The van der Waals surface area contributed by atoms with E-state index in [0.717, 1.165) is 62.5 Å². The van der Waals surface area contributed by atoms with E-state index in [-0.39, 0.29) is 5.75 Å². The number of hydrogen-bond acceptors (Lipinski definition) is 2. The third-order valence-electron chi connectivity index (χ3n) is 4.57. The van der Waals surface area contributed by atoms with E-state index in [1.54, 1.807) is 24.3 Å². The van der Waals surface area contributed by atoms with Crippen LogP contribution in [0.15, 0.2) is 48.5 Å². The summed E-state index contributed by atoms with van der Waals surface area (Å²) in [5, 5.41) is 11.2. The molecule has 2 aromatic carbocycles. The van der Waals surface area contributed by atoms with Crippen LogP contribution in [0.2, 0.25) is 0 Å². The lowest BCUT2D eigenvalue weighted by atomic mass is 10.1. The summed E-state index contributed by atoms with van der Waals surface area (Å²) in [7, 11) is 0. The third kappa shape index (κ3) is 4.66. The van der Waals surface area contributed by atoms with Crippen LogP contribution in [0.4, 0.5) is 18.9 Å². The zero-order chi connectivity index (χ0) is 17.9. The van der Waals surface area contributed by atoms with Crippen molar-refractivity contribution in [3.63, 3.8) is 0 Å². The van der Waals surface area contributed by atoms with E-state index < -0.39 is 11.7 Å². The second-order valence-corrected chi connectivity index (χ2v) is 6.27. The topological polar surface area (TPSA) is 26.4 Å². The lowest BCUT2D eigenvalue weighted by molar-refractivity contribution is -0.137. The van der Waals surface area contributed by atoms with E-state index in [2.05, 4.69) is 9.80 Å². The van der Waals surface area contributed by atoms with Gasteiger partial charge >= 0.3 is 6.18 Å². The van der Waals surface area contributed by atoms with Crippen molar-refractivity contribution in [2.24, 2.45) is 0 Å². The van der Waals surface area contributed by atoms with Crippen molar-refractivity contribution in [3.05, 3.63) is 59.7 Å². The minimum absolute atomic E-state index is 0.0129. The van der Waals surface area contributed by atoms with Gasteiger partial charge in [-0.1, -0.05) is 12.1 Å². The fourth-order valence-corrected chi connectivity index (χ4v) is 3.03. The molecule has 0 spiro atoms. The van der Waals surface area contributed by atoms with Gasteiger partial charge in [0.1, 0.15) is 0 Å². The van der Waals surface area contributed by atoms with Gasteiger partial charge in [0.2, 0.25) is 0 Å². The van der Waals surface area contributed by atoms with Crippen LogP contribution in [0, 0.1) is 0 Å². The summed E-state index contributed by atoms with van der Waals surface area (Å²) in [4.78, 5) is 4.56. The molecule has 1 aliphatic rings. The smallest absolute Gasteiger partial charge is 0.369 e. The second kappa shape index (κ2) is 7.35. The van der Waals surface area contributed by atoms with E-state index in [1.165, 1.54) is 0 Å². The largest absolute Gasteiger partial charge is 0.416 e. The molecule has 6 heteroatoms. The summed E-state index contributed by atoms with van der Waals surface area (Å²) in [5.74, 6) is 0.0129. The summed E-state index contributed by atoms with van der Waals surface area (Å²) in [6.07, 6.45) is -3.54. The van der Waals surface area contributed by atoms with Crippen LogP contribution in [-0.4, -0.2) is 37.6 Å². The molecule has 1 radical (unpaired) electrons. The van der Waals surface area contributed by atoms with Crippen molar-refractivity contribution < 1.29 is 18.3 Å². The Morgan fingerprint density at radius 3 is 2.00 bits per heavy atom. The highest BCUT2D eigenvalue weighted by Gasteiger charge is 2.29. The maximum atomic E-state index is 12.6. The second-order valence-electron chi connectivity index (χ2n) is 6.27. The monoisotopic (exact) mass is 349 g/mol. The van der Waals surface area contributed by atoms with E-state index >= 15 is 0 Å². The van der Waals surface area contributed by atoms with Gasteiger partial charge in [-0.15, -0.1) is 0 Å². The fourth-order valence-electron chi connectivity index (χ4n) is 3.03. The highest BCUT2D eigenvalue weighted by molar-refractivity contribution is 5.49. The van der Waals surface area contributed by atoms with E-state index in [0.29, 0.717) is 0 Å². The Labute approximate surface area is 145 Å². The Hall–Kier alpha value is -2.21. The molecule has 0 atom stereocenters.